The van der Waals surface area contributed by atoms with Crippen molar-refractivity contribution in [3.63, 3.8) is 0 Å². The van der Waals surface area contributed by atoms with E-state index in [1.165, 1.54) is 20.8 Å². The number of hydrogen-bond donors (Lipinski definition) is 16. The van der Waals surface area contributed by atoms with Crippen LogP contribution in [0.25, 0.3) is 0 Å². The Labute approximate surface area is 569 Å². The minimum absolute atomic E-state index is 0.00541. The van der Waals surface area contributed by atoms with Gasteiger partial charge in [0.05, 0.1) is 18.3 Å². The van der Waals surface area contributed by atoms with E-state index in [2.05, 4.69) is 53.2 Å². The summed E-state index contributed by atoms with van der Waals surface area (Å²) >= 11 is 0. The van der Waals surface area contributed by atoms with Crippen LogP contribution in [0.3, 0.4) is 0 Å². The van der Waals surface area contributed by atoms with E-state index in [0.29, 0.717) is 12.8 Å². The van der Waals surface area contributed by atoms with Crippen molar-refractivity contribution in [2.45, 2.75) is 284 Å². The number of fused-ring (bicyclic) bond motifs is 1. The van der Waals surface area contributed by atoms with E-state index in [1.807, 2.05) is 6.92 Å². The van der Waals surface area contributed by atoms with E-state index < -0.39 is 217 Å². The molecular weight excluding hydrogens is 1260 g/mol. The monoisotopic (exact) mass is 1380 g/mol. The molecule has 2 heterocycles. The molecule has 0 aliphatic carbocycles. The fourth-order valence-electron chi connectivity index (χ4n) is 11.5. The van der Waals surface area contributed by atoms with Gasteiger partial charge >= 0.3 is 0 Å². The van der Waals surface area contributed by atoms with Crippen molar-refractivity contribution in [1.29, 1.82) is 0 Å². The summed E-state index contributed by atoms with van der Waals surface area (Å²) in [6.45, 7) is 21.9. The summed E-state index contributed by atoms with van der Waals surface area (Å²) < 4.78 is 0. The maximum absolute atomic E-state index is 14.7. The second-order valence-electron chi connectivity index (χ2n) is 27.6. The number of nitrogens with one attached hydrogen (secondary N) is 10. The summed E-state index contributed by atoms with van der Waals surface area (Å²) in [5, 5.41) is 70.1. The summed E-state index contributed by atoms with van der Waals surface area (Å²) in [6, 6.07) is -19.0. The van der Waals surface area contributed by atoms with Crippen LogP contribution in [0.5, 0.6) is 0 Å². The Kier molecular flexibility index (Phi) is 36.1. The molecule has 2 saturated heterocycles. The molecule has 97 heavy (non-hydrogen) atoms. The van der Waals surface area contributed by atoms with Crippen LogP contribution >= 0.6 is 0 Å². The first-order valence-electron chi connectivity index (χ1n) is 34.1. The molecule has 2 aliphatic heterocycles. The molecule has 32 heteroatoms. The summed E-state index contributed by atoms with van der Waals surface area (Å²) in [5.41, 5.74) is 11.0. The highest BCUT2D eigenvalue weighted by Crippen LogP contribution is 2.23. The van der Waals surface area contributed by atoms with Gasteiger partial charge in [-0.25, -0.2) is 0 Å². The fraction of sp³-hybridized carbons (Fsp3) is 0.785. The van der Waals surface area contributed by atoms with Crippen LogP contribution in [0, 0.1) is 29.6 Å². The lowest BCUT2D eigenvalue weighted by molar-refractivity contribution is -0.148. The number of nitrogens with two attached hydrogens (primary N) is 2. The highest BCUT2D eigenvalue weighted by Gasteiger charge is 2.45. The third kappa shape index (κ3) is 27.0. The quantitative estimate of drug-likeness (QED) is 0.0484. The maximum atomic E-state index is 14.7. The zero-order valence-electron chi connectivity index (χ0n) is 59.3. The number of likely N-dealkylation sites (N-methyl/N-ethyl adjacent to an activating group) is 1. The zero-order valence-corrected chi connectivity index (χ0v) is 59.3. The molecule has 0 unspecified atom stereocenters. The van der Waals surface area contributed by atoms with Crippen molar-refractivity contribution >= 4 is 82.7 Å². The van der Waals surface area contributed by atoms with Crippen molar-refractivity contribution in [2.75, 3.05) is 13.6 Å². The number of carbonyl (C=O) groups excluding carboxylic acids is 14. The van der Waals surface area contributed by atoms with Crippen LogP contribution in [-0.2, 0) is 67.1 Å². The molecule has 2 aliphatic rings. The molecule has 0 aromatic carbocycles. The number of aliphatic hydroxyl groups excluding tert-OH is 4. The van der Waals surface area contributed by atoms with Gasteiger partial charge in [-0.05, 0) is 88.9 Å². The van der Waals surface area contributed by atoms with Crippen LogP contribution in [-0.4, -0.2) is 223 Å². The summed E-state index contributed by atoms with van der Waals surface area (Å²) in [7, 11) is 1.16. The van der Waals surface area contributed by atoms with Gasteiger partial charge in [-0.15, -0.1) is 0 Å². The van der Waals surface area contributed by atoms with E-state index in [9.17, 15) is 87.5 Å². The minimum atomic E-state index is -2.53. The normalized spacial score (nSPS) is 27.7. The van der Waals surface area contributed by atoms with Crippen molar-refractivity contribution in [2.24, 2.45) is 41.1 Å². The van der Waals surface area contributed by atoms with Crippen molar-refractivity contribution in [3.05, 3.63) is 0 Å². The number of amides is 14. The first-order valence-corrected chi connectivity index (χ1v) is 34.1. The Morgan fingerprint density at radius 1 is 0.526 bits per heavy atom. The van der Waals surface area contributed by atoms with Crippen LogP contribution < -0.4 is 64.6 Å². The molecule has 0 aromatic heterocycles. The fourth-order valence-corrected chi connectivity index (χ4v) is 11.5. The zero-order chi connectivity index (χ0) is 74.0. The van der Waals surface area contributed by atoms with Gasteiger partial charge in [0.2, 0.25) is 82.7 Å². The molecule has 0 radical (unpaired) electrons. The second-order valence-corrected chi connectivity index (χ2v) is 27.6. The predicted octanol–water partition coefficient (Wildman–Crippen LogP) is -2.88. The first kappa shape index (κ1) is 85.5. The lowest BCUT2D eigenvalue weighted by Crippen LogP contribution is -2.65. The first-order chi connectivity index (χ1) is 45.2. The van der Waals surface area contributed by atoms with Gasteiger partial charge in [0, 0.05) is 32.5 Å². The van der Waals surface area contributed by atoms with Gasteiger partial charge in [0.25, 0.3) is 0 Å². The van der Waals surface area contributed by atoms with E-state index in [1.54, 1.807) is 62.3 Å². The molecule has 552 valence electrons. The highest BCUT2D eigenvalue weighted by molar-refractivity contribution is 6.01. The van der Waals surface area contributed by atoms with Crippen LogP contribution in [0.2, 0.25) is 0 Å². The molecule has 32 nitrogen and oxygen atoms in total. The second kappa shape index (κ2) is 41.0. The van der Waals surface area contributed by atoms with Gasteiger partial charge in [0.1, 0.15) is 66.5 Å². The van der Waals surface area contributed by atoms with Crippen molar-refractivity contribution in [3.8, 4) is 0 Å². The van der Waals surface area contributed by atoms with Gasteiger partial charge in [-0.1, -0.05) is 115 Å². The Bertz CT molecular complexity index is 2710. The summed E-state index contributed by atoms with van der Waals surface area (Å²) in [5.74, 6) is -17.2. The Balaban J connectivity index is 2.96. The smallest absolute Gasteiger partial charge is 0.248 e. The third-order valence-electron chi connectivity index (χ3n) is 17.4. The lowest BCUT2D eigenvalue weighted by Gasteiger charge is -2.36. The third-order valence-corrected chi connectivity index (χ3v) is 17.4. The molecule has 2 fully saturated rings. The molecular formula is C65H114N14O18. The van der Waals surface area contributed by atoms with Crippen LogP contribution in [0.4, 0.5) is 0 Å². The Hall–Kier alpha value is -7.58. The van der Waals surface area contributed by atoms with Crippen molar-refractivity contribution < 1.29 is 87.5 Å². The molecule has 18 N–H and O–H groups in total. The lowest BCUT2D eigenvalue weighted by atomic mass is 9.95. The highest BCUT2D eigenvalue weighted by atomic mass is 16.3. The topological polar surface area (TPSA) is 499 Å². The van der Waals surface area contributed by atoms with Gasteiger partial charge in [0.15, 0.2) is 6.10 Å². The number of nitrogens with zero attached hydrogens (tertiary/aromatic N) is 2. The van der Waals surface area contributed by atoms with Gasteiger partial charge < -0.3 is 94.9 Å². The van der Waals surface area contributed by atoms with Crippen molar-refractivity contribution in [1.82, 2.24) is 63.0 Å². The van der Waals surface area contributed by atoms with E-state index in [0.717, 1.165) is 43.0 Å². The number of rotatable bonds is 22. The standard InChI is InChI=1S/C65H114N14O18/c1-16-18-19-20-21-23-39-30-45(83)73-46(33(7)8)59(91)76-49(52(84)34(9)10)61(93)68-36(12)55(87)71-41(28-31(3)4)56(88)70-40(25-26-44(66)82)64(96)78(15)51(35(11)17-2)63(95)77-50(53(85)54(67)86)62(94)75-48(38(14)81)65(97)79-27-22-24-43(79)58(90)72-42(29-32(5)6)57(89)74-47(37(13)80)60(92)69-39/h31-43,46-53,80-81,84-85H,16-30H2,1-15H3,(H2,66,82)(H2,67,86)(H,68,93)(H,69,92)(H,70,88)(H,71,87)(H,72,90)(H,73,83)(H,74,89)(H,75,94)(H,76,91)(H,77,95)/t35-,36-,37+,38+,39+,40-,41+,42-,43-,46-,47-,48-,49+,50+,51-,52-,53+/m0/s1. The number of aliphatic hydroxyl groups is 4. The maximum Gasteiger partial charge on any atom is 0.248 e. The Morgan fingerprint density at radius 3 is 1.54 bits per heavy atom. The SMILES string of the molecule is CCCCCCC[C@@H]1CC(=O)N[C@@H](C(C)C)C(=O)N[C@H]([C@@H](O)C(C)C)C(=O)N[C@@H](C)C(=O)N[C@H](CC(C)C)C(=O)N[C@@H](CCC(N)=O)C(=O)N(C)[C@@H]([C@@H](C)CC)C(=O)N[C@H]([C@@H](O)C(N)=O)C(=O)N[C@@H]([C@@H](C)O)C(=O)N2CCC[C@H]2C(=O)N[C@@H](CC(C)C)C(=O)N[C@@H]([C@@H](C)O)C(=O)N1. The average Bonchev–Trinajstić information content (AvgIpc) is 1.75. The van der Waals surface area contributed by atoms with Crippen LogP contribution in [0.15, 0.2) is 0 Å². The average molecular weight is 1380 g/mol. The van der Waals surface area contributed by atoms with E-state index in [4.69, 9.17) is 11.5 Å². The van der Waals surface area contributed by atoms with Gasteiger partial charge in [-0.3, -0.25) is 67.1 Å². The molecule has 17 atom stereocenters. The van der Waals surface area contributed by atoms with Crippen LogP contribution in [0.1, 0.15) is 187 Å². The number of hydrogen-bond acceptors (Lipinski definition) is 18. The van der Waals surface area contributed by atoms with E-state index >= 15 is 0 Å². The molecule has 2 rings (SSSR count). The Morgan fingerprint density at radius 2 is 1.02 bits per heavy atom. The molecule has 14 amide bonds. The van der Waals surface area contributed by atoms with Gasteiger partial charge in [-0.2, -0.15) is 0 Å². The molecule has 0 bridgehead atoms. The predicted molar refractivity (Wildman–Crippen MR) is 355 cm³/mol. The summed E-state index contributed by atoms with van der Waals surface area (Å²) in [6.07, 6.45) is -4.49. The molecule has 0 spiro atoms. The molecule has 0 saturated carbocycles. The number of primary amides is 2. The van der Waals surface area contributed by atoms with E-state index in [-0.39, 0.29) is 56.9 Å². The largest absolute Gasteiger partial charge is 0.391 e. The minimum Gasteiger partial charge on any atom is -0.391 e. The number of unbranched alkanes of at least 4 members (excludes halogenated alkanes) is 4. The summed E-state index contributed by atoms with van der Waals surface area (Å²) in [4.78, 5) is 199. The molecule has 0 aromatic rings. The number of carbonyl (C=O) groups is 14.